The van der Waals surface area contributed by atoms with E-state index < -0.39 is 0 Å². The van der Waals surface area contributed by atoms with Crippen LogP contribution in [0.1, 0.15) is 18.2 Å². The van der Waals surface area contributed by atoms with Crippen LogP contribution in [0.25, 0.3) is 0 Å². The number of carbonyl (C=O) groups excluding carboxylic acids is 1. The van der Waals surface area contributed by atoms with Crippen molar-refractivity contribution in [3.05, 3.63) is 29.6 Å². The number of rotatable bonds is 4. The van der Waals surface area contributed by atoms with Crippen molar-refractivity contribution in [2.75, 3.05) is 32.7 Å². The van der Waals surface area contributed by atoms with E-state index in [0.29, 0.717) is 12.2 Å². The third-order valence-corrected chi connectivity index (χ3v) is 4.30. The molecule has 0 radical (unpaired) electrons. The molecule has 0 saturated carbocycles. The number of fused-ring (bicyclic) bond motifs is 3. The van der Waals surface area contributed by atoms with E-state index in [1.807, 2.05) is 12.3 Å². The van der Waals surface area contributed by atoms with Crippen LogP contribution in [0.2, 0.25) is 0 Å². The predicted octanol–water partition coefficient (Wildman–Crippen LogP) is 0.755. The summed E-state index contributed by atoms with van der Waals surface area (Å²) >= 11 is 0. The first kappa shape index (κ1) is 12.8. The molecule has 102 valence electrons. The fourth-order valence-corrected chi connectivity index (χ4v) is 2.99. The third-order valence-electron chi connectivity index (χ3n) is 4.30. The quantitative estimate of drug-likeness (QED) is 0.800. The average molecular weight is 259 g/mol. The summed E-state index contributed by atoms with van der Waals surface area (Å²) in [5.74, 6) is 0.321. The third kappa shape index (κ3) is 2.69. The first-order valence-corrected chi connectivity index (χ1v) is 7.19. The van der Waals surface area contributed by atoms with Gasteiger partial charge in [0.25, 0.3) is 0 Å². The number of piperazine rings is 3. The first-order chi connectivity index (χ1) is 9.26. The molecule has 0 aromatic carbocycles. The second-order valence-corrected chi connectivity index (χ2v) is 5.51. The predicted molar refractivity (Wildman–Crippen MR) is 74.1 cm³/mol. The maximum Gasteiger partial charge on any atom is 0.157 e. The topological polar surface area (TPSA) is 36.4 Å². The van der Waals surface area contributed by atoms with Gasteiger partial charge in [0.1, 0.15) is 0 Å². The van der Waals surface area contributed by atoms with Crippen molar-refractivity contribution in [2.24, 2.45) is 0 Å². The fourth-order valence-electron chi connectivity index (χ4n) is 2.99. The Morgan fingerprint density at radius 1 is 1.32 bits per heavy atom. The molecule has 4 heteroatoms. The molecule has 1 aromatic rings. The Morgan fingerprint density at radius 2 is 2.11 bits per heavy atom. The lowest BCUT2D eigenvalue weighted by Crippen LogP contribution is -2.63. The number of carbonyl (C=O) groups is 1. The van der Waals surface area contributed by atoms with Crippen LogP contribution in [0.4, 0.5) is 0 Å². The zero-order chi connectivity index (χ0) is 13.2. The SMILES string of the molecule is CCc1ccc(CC(=O)C2CN3CCN2CC3)nc1. The van der Waals surface area contributed by atoms with Crippen molar-refractivity contribution in [3.8, 4) is 0 Å². The van der Waals surface area contributed by atoms with Crippen molar-refractivity contribution in [1.29, 1.82) is 0 Å². The number of nitrogens with zero attached hydrogens (tertiary/aromatic N) is 3. The minimum Gasteiger partial charge on any atom is -0.299 e. The van der Waals surface area contributed by atoms with Gasteiger partial charge in [0.2, 0.25) is 0 Å². The van der Waals surface area contributed by atoms with Crippen molar-refractivity contribution in [1.82, 2.24) is 14.8 Å². The van der Waals surface area contributed by atoms with E-state index in [1.165, 1.54) is 5.56 Å². The normalized spacial score (nSPS) is 29.4. The maximum atomic E-state index is 12.4. The number of Topliss-reactive ketones (excluding diaryl/α,β-unsaturated/α-hetero) is 1. The lowest BCUT2D eigenvalue weighted by Gasteiger charge is -2.46. The molecule has 0 amide bonds. The van der Waals surface area contributed by atoms with Crippen molar-refractivity contribution in [3.63, 3.8) is 0 Å². The van der Waals surface area contributed by atoms with Crippen molar-refractivity contribution in [2.45, 2.75) is 25.8 Å². The Labute approximate surface area is 114 Å². The lowest BCUT2D eigenvalue weighted by molar-refractivity contribution is -0.128. The van der Waals surface area contributed by atoms with Crippen LogP contribution < -0.4 is 0 Å². The monoisotopic (exact) mass is 259 g/mol. The Balaban J connectivity index is 1.64. The van der Waals surface area contributed by atoms with Gasteiger partial charge in [-0.05, 0) is 18.1 Å². The molecular weight excluding hydrogens is 238 g/mol. The Hall–Kier alpha value is -1.26. The average Bonchev–Trinajstić information content (AvgIpc) is 2.49. The van der Waals surface area contributed by atoms with E-state index in [4.69, 9.17) is 0 Å². The van der Waals surface area contributed by atoms with E-state index in [1.54, 1.807) is 0 Å². The highest BCUT2D eigenvalue weighted by molar-refractivity contribution is 5.86. The summed E-state index contributed by atoms with van der Waals surface area (Å²) in [6, 6.07) is 4.16. The molecule has 4 nitrogen and oxygen atoms in total. The molecule has 19 heavy (non-hydrogen) atoms. The van der Waals surface area contributed by atoms with Gasteiger partial charge in [-0.25, -0.2) is 0 Å². The molecule has 3 aliphatic rings. The van der Waals surface area contributed by atoms with Crippen LogP contribution in [0, 0.1) is 0 Å². The van der Waals surface area contributed by atoms with Crippen molar-refractivity contribution >= 4 is 5.78 Å². The van der Waals surface area contributed by atoms with E-state index in [0.717, 1.165) is 44.8 Å². The summed E-state index contributed by atoms with van der Waals surface area (Å²) in [5, 5.41) is 0. The summed E-state index contributed by atoms with van der Waals surface area (Å²) in [4.78, 5) is 21.5. The van der Waals surface area contributed by atoms with Gasteiger partial charge >= 0.3 is 0 Å². The van der Waals surface area contributed by atoms with Crippen LogP contribution in [-0.4, -0.2) is 59.3 Å². The van der Waals surface area contributed by atoms with Crippen LogP contribution in [0.15, 0.2) is 18.3 Å². The highest BCUT2D eigenvalue weighted by atomic mass is 16.1. The fraction of sp³-hybridized carbons (Fsp3) is 0.600. The second-order valence-electron chi connectivity index (χ2n) is 5.51. The number of pyridine rings is 1. The molecule has 1 atom stereocenters. The molecule has 3 saturated heterocycles. The number of hydrogen-bond donors (Lipinski definition) is 0. The molecule has 1 aromatic heterocycles. The summed E-state index contributed by atoms with van der Waals surface area (Å²) in [7, 11) is 0. The van der Waals surface area contributed by atoms with Crippen LogP contribution in [-0.2, 0) is 17.6 Å². The highest BCUT2D eigenvalue weighted by Crippen LogP contribution is 2.17. The standard InChI is InChI=1S/C15H21N3O/c1-2-12-3-4-13(16-10-12)9-15(19)14-11-17-5-7-18(14)8-6-17/h3-4,10,14H,2,5-9,11H2,1H3. The number of aromatic nitrogens is 1. The summed E-state index contributed by atoms with van der Waals surface area (Å²) in [5.41, 5.74) is 2.13. The van der Waals surface area contributed by atoms with Gasteiger partial charge in [-0.1, -0.05) is 13.0 Å². The summed E-state index contributed by atoms with van der Waals surface area (Å²) in [6.45, 7) is 7.34. The van der Waals surface area contributed by atoms with Crippen molar-refractivity contribution < 1.29 is 4.79 Å². The van der Waals surface area contributed by atoms with Gasteiger partial charge in [0, 0.05) is 44.6 Å². The smallest absolute Gasteiger partial charge is 0.157 e. The number of ketones is 1. The highest BCUT2D eigenvalue weighted by Gasteiger charge is 2.35. The molecule has 4 rings (SSSR count). The Bertz CT molecular complexity index is 449. The Morgan fingerprint density at radius 3 is 2.63 bits per heavy atom. The molecule has 3 fully saturated rings. The molecule has 4 heterocycles. The zero-order valence-electron chi connectivity index (χ0n) is 11.5. The van der Waals surface area contributed by atoms with E-state index in [2.05, 4.69) is 27.8 Å². The van der Waals surface area contributed by atoms with Gasteiger partial charge < -0.3 is 0 Å². The minimum atomic E-state index is 0.0927. The second kappa shape index (κ2) is 5.39. The van der Waals surface area contributed by atoms with E-state index >= 15 is 0 Å². The van der Waals surface area contributed by atoms with Crippen LogP contribution in [0.5, 0.6) is 0 Å². The van der Waals surface area contributed by atoms with E-state index in [-0.39, 0.29) is 6.04 Å². The van der Waals surface area contributed by atoms with Gasteiger partial charge in [0.15, 0.2) is 5.78 Å². The molecular formula is C15H21N3O. The number of hydrogen-bond acceptors (Lipinski definition) is 4. The summed E-state index contributed by atoms with van der Waals surface area (Å²) in [6.07, 6.45) is 3.35. The maximum absolute atomic E-state index is 12.4. The van der Waals surface area contributed by atoms with Gasteiger partial charge in [-0.3, -0.25) is 19.6 Å². The summed E-state index contributed by atoms with van der Waals surface area (Å²) < 4.78 is 0. The van der Waals surface area contributed by atoms with Crippen LogP contribution >= 0.6 is 0 Å². The van der Waals surface area contributed by atoms with Gasteiger partial charge in [-0.15, -0.1) is 0 Å². The minimum absolute atomic E-state index is 0.0927. The molecule has 0 spiro atoms. The first-order valence-electron chi connectivity index (χ1n) is 7.19. The largest absolute Gasteiger partial charge is 0.299 e. The molecule has 1 unspecified atom stereocenters. The number of aryl methyl sites for hydroxylation is 1. The molecule has 3 aliphatic heterocycles. The van der Waals surface area contributed by atoms with E-state index in [9.17, 15) is 4.79 Å². The molecule has 2 bridgehead atoms. The molecule has 0 N–H and O–H groups in total. The lowest BCUT2D eigenvalue weighted by atomic mass is 10.00. The Kier molecular flexibility index (Phi) is 3.62. The zero-order valence-corrected chi connectivity index (χ0v) is 11.5. The van der Waals surface area contributed by atoms with Gasteiger partial charge in [0.05, 0.1) is 12.5 Å². The van der Waals surface area contributed by atoms with Crippen LogP contribution in [0.3, 0.4) is 0 Å². The molecule has 0 aliphatic carbocycles. The van der Waals surface area contributed by atoms with Gasteiger partial charge in [-0.2, -0.15) is 0 Å².